The predicted molar refractivity (Wildman–Crippen MR) is 168 cm³/mol. The molecule has 0 amide bonds. The summed E-state index contributed by atoms with van der Waals surface area (Å²) in [4.78, 5) is 11.8. The molecule has 0 spiro atoms. The van der Waals surface area contributed by atoms with Crippen LogP contribution in [-0.2, 0) is 4.79 Å². The van der Waals surface area contributed by atoms with E-state index < -0.39 is 17.7 Å². The van der Waals surface area contributed by atoms with E-state index in [9.17, 15) is 20.1 Å². The molecule has 0 saturated carbocycles. The van der Waals surface area contributed by atoms with Crippen LogP contribution in [0.25, 0.3) is 0 Å². The summed E-state index contributed by atoms with van der Waals surface area (Å²) < 4.78 is 0. The summed E-state index contributed by atoms with van der Waals surface area (Å²) in [6, 6.07) is 0. The molecule has 39 heavy (non-hydrogen) atoms. The van der Waals surface area contributed by atoms with Crippen LogP contribution in [-0.4, -0.2) is 33.0 Å². The number of carbonyl (C=O) groups is 1. The van der Waals surface area contributed by atoms with Crippen molar-refractivity contribution in [1.82, 2.24) is 0 Å². The molecule has 0 saturated heterocycles. The van der Waals surface area contributed by atoms with Crippen molar-refractivity contribution in [3.63, 3.8) is 0 Å². The third-order valence-corrected chi connectivity index (χ3v) is 8.66. The van der Waals surface area contributed by atoms with Gasteiger partial charge in [0.2, 0.25) is 0 Å². The minimum atomic E-state index is -1.99. The molecular weight excluding hydrogens is 484 g/mol. The highest BCUT2D eigenvalue weighted by molar-refractivity contribution is 5.77. The van der Waals surface area contributed by atoms with Gasteiger partial charge in [-0.1, -0.05) is 187 Å². The molecule has 0 radical (unpaired) electrons. The normalized spacial score (nSPS) is 13.9. The molecule has 2 atom stereocenters. The van der Waals surface area contributed by atoms with Crippen LogP contribution in [0.4, 0.5) is 0 Å². The van der Waals surface area contributed by atoms with E-state index in [1.807, 2.05) is 0 Å². The first kappa shape index (κ1) is 38.4. The molecule has 4 heteroatoms. The maximum Gasteiger partial charge on any atom is 0.338 e. The summed E-state index contributed by atoms with van der Waals surface area (Å²) in [5.41, 5.74) is -1.99. The zero-order valence-corrected chi connectivity index (χ0v) is 26.5. The maximum absolute atomic E-state index is 11.8. The molecule has 0 heterocycles. The van der Waals surface area contributed by atoms with Crippen molar-refractivity contribution in [2.75, 3.05) is 0 Å². The number of hydrogen-bond acceptors (Lipinski definition) is 3. The highest BCUT2D eigenvalue weighted by atomic mass is 16.4. The zero-order chi connectivity index (χ0) is 28.9. The summed E-state index contributed by atoms with van der Waals surface area (Å²) in [6.45, 7) is 4.53. The fourth-order valence-electron chi connectivity index (χ4n) is 5.78. The Kier molecular flexibility index (Phi) is 28.4. The van der Waals surface area contributed by atoms with Gasteiger partial charge in [0.15, 0.2) is 5.60 Å². The Bertz CT molecular complexity index is 509. The summed E-state index contributed by atoms with van der Waals surface area (Å²) in [6.07, 6.45) is 34.4. The predicted octanol–water partition coefficient (Wildman–Crippen LogP) is 10.9. The number of rotatable bonds is 32. The minimum absolute atomic E-state index is 0.153. The fraction of sp³-hybridized carbons (Fsp3) is 0.971. The Morgan fingerprint density at radius 2 is 0.744 bits per heavy atom. The second kappa shape index (κ2) is 28.9. The molecule has 0 rings (SSSR count). The zero-order valence-electron chi connectivity index (χ0n) is 26.5. The van der Waals surface area contributed by atoms with E-state index in [0.29, 0.717) is 12.8 Å². The van der Waals surface area contributed by atoms with Crippen LogP contribution in [0.15, 0.2) is 0 Å². The summed E-state index contributed by atoms with van der Waals surface area (Å²) >= 11 is 0. The molecule has 0 aromatic heterocycles. The third kappa shape index (κ3) is 23.8. The summed E-state index contributed by atoms with van der Waals surface area (Å²) in [5, 5.41) is 30.8. The molecule has 0 bridgehead atoms. The Morgan fingerprint density at radius 3 is 1.03 bits per heavy atom. The fourth-order valence-corrected chi connectivity index (χ4v) is 5.78. The average molecular weight is 555 g/mol. The number of aliphatic hydroxyl groups is 2. The van der Waals surface area contributed by atoms with E-state index >= 15 is 0 Å². The van der Waals surface area contributed by atoms with Crippen LogP contribution in [0.2, 0.25) is 0 Å². The Morgan fingerprint density at radius 1 is 0.487 bits per heavy atom. The molecule has 2 unspecified atom stereocenters. The Balaban J connectivity index is 3.69. The van der Waals surface area contributed by atoms with E-state index in [4.69, 9.17) is 0 Å². The maximum atomic E-state index is 11.8. The van der Waals surface area contributed by atoms with Gasteiger partial charge < -0.3 is 15.3 Å². The Labute approximate surface area is 244 Å². The summed E-state index contributed by atoms with van der Waals surface area (Å²) in [7, 11) is 0. The molecule has 234 valence electrons. The number of hydrogen-bond donors (Lipinski definition) is 3. The van der Waals surface area contributed by atoms with Gasteiger partial charge in [0.05, 0.1) is 6.10 Å². The molecule has 0 aliphatic rings. The van der Waals surface area contributed by atoms with E-state index in [0.717, 1.165) is 32.1 Å². The van der Waals surface area contributed by atoms with E-state index in [1.165, 1.54) is 141 Å². The van der Waals surface area contributed by atoms with E-state index in [2.05, 4.69) is 13.8 Å². The van der Waals surface area contributed by atoms with Gasteiger partial charge in [-0.2, -0.15) is 0 Å². The number of carboxylic acid groups (broad SMARTS) is 1. The van der Waals surface area contributed by atoms with Gasteiger partial charge in [-0.25, -0.2) is 4.79 Å². The van der Waals surface area contributed by atoms with Crippen LogP contribution in [0.1, 0.15) is 206 Å². The monoisotopic (exact) mass is 555 g/mol. The van der Waals surface area contributed by atoms with Crippen molar-refractivity contribution in [2.24, 2.45) is 0 Å². The lowest BCUT2D eigenvalue weighted by Crippen LogP contribution is -2.49. The molecule has 0 aliphatic heterocycles. The van der Waals surface area contributed by atoms with Crippen molar-refractivity contribution >= 4 is 5.97 Å². The standard InChI is InChI=1S/C35H70O4/c1-3-5-7-9-11-13-15-17-19-21-23-25-27-29-31-33(36)35(39,34(37)38)32-30-28-26-24-22-20-18-16-14-12-10-8-6-4-2/h33,36,39H,3-32H2,1-2H3,(H,37,38). The van der Waals surface area contributed by atoms with Gasteiger partial charge in [-0.05, 0) is 19.3 Å². The van der Waals surface area contributed by atoms with Crippen molar-refractivity contribution in [3.8, 4) is 0 Å². The van der Waals surface area contributed by atoms with Gasteiger partial charge in [0.1, 0.15) is 0 Å². The van der Waals surface area contributed by atoms with Crippen LogP contribution in [0.5, 0.6) is 0 Å². The largest absolute Gasteiger partial charge is 0.479 e. The SMILES string of the molecule is CCCCCCCCCCCCCCCCC(O)C(O)(CCCCCCCCCCCCCCCC)C(=O)O. The topological polar surface area (TPSA) is 77.8 Å². The number of carboxylic acids is 1. The summed E-state index contributed by atoms with van der Waals surface area (Å²) in [5.74, 6) is -1.27. The molecule has 3 N–H and O–H groups in total. The lowest BCUT2D eigenvalue weighted by molar-refractivity contribution is -0.173. The number of unbranched alkanes of at least 4 members (excludes halogenated alkanes) is 26. The highest BCUT2D eigenvalue weighted by Crippen LogP contribution is 2.25. The third-order valence-electron chi connectivity index (χ3n) is 8.66. The van der Waals surface area contributed by atoms with Crippen molar-refractivity contribution in [1.29, 1.82) is 0 Å². The van der Waals surface area contributed by atoms with E-state index in [1.54, 1.807) is 0 Å². The van der Waals surface area contributed by atoms with Gasteiger partial charge in [0, 0.05) is 0 Å². The first-order valence-corrected chi connectivity index (χ1v) is 17.6. The second-order valence-corrected chi connectivity index (χ2v) is 12.5. The second-order valence-electron chi connectivity index (χ2n) is 12.5. The average Bonchev–Trinajstić information content (AvgIpc) is 2.93. The van der Waals surface area contributed by atoms with Crippen LogP contribution >= 0.6 is 0 Å². The van der Waals surface area contributed by atoms with Crippen LogP contribution < -0.4 is 0 Å². The molecule has 4 nitrogen and oxygen atoms in total. The van der Waals surface area contributed by atoms with Crippen molar-refractivity contribution < 1.29 is 20.1 Å². The lowest BCUT2D eigenvalue weighted by atomic mass is 9.87. The molecule has 0 aromatic rings. The first-order valence-electron chi connectivity index (χ1n) is 17.6. The minimum Gasteiger partial charge on any atom is -0.479 e. The molecule has 0 aliphatic carbocycles. The van der Waals surface area contributed by atoms with Crippen molar-refractivity contribution in [2.45, 2.75) is 218 Å². The molecule has 0 fully saturated rings. The number of aliphatic hydroxyl groups excluding tert-OH is 1. The molecular formula is C35H70O4. The lowest BCUT2D eigenvalue weighted by Gasteiger charge is -2.29. The molecule has 0 aromatic carbocycles. The quantitative estimate of drug-likeness (QED) is 0.0722. The van der Waals surface area contributed by atoms with Gasteiger partial charge in [-0.15, -0.1) is 0 Å². The highest BCUT2D eigenvalue weighted by Gasteiger charge is 2.42. The van der Waals surface area contributed by atoms with Gasteiger partial charge in [0.25, 0.3) is 0 Å². The van der Waals surface area contributed by atoms with Gasteiger partial charge in [-0.3, -0.25) is 0 Å². The Hall–Kier alpha value is -0.610. The number of aliphatic carboxylic acids is 1. The smallest absolute Gasteiger partial charge is 0.338 e. The van der Waals surface area contributed by atoms with Crippen LogP contribution in [0, 0.1) is 0 Å². The van der Waals surface area contributed by atoms with Crippen molar-refractivity contribution in [3.05, 3.63) is 0 Å². The first-order chi connectivity index (χ1) is 19.0. The van der Waals surface area contributed by atoms with Gasteiger partial charge >= 0.3 is 5.97 Å². The van der Waals surface area contributed by atoms with Crippen LogP contribution in [0.3, 0.4) is 0 Å². The van der Waals surface area contributed by atoms with E-state index in [-0.39, 0.29) is 6.42 Å².